The van der Waals surface area contributed by atoms with Gasteiger partial charge < -0.3 is 4.90 Å². The monoisotopic (exact) mass is 282 g/mol. The minimum atomic E-state index is -0.535. The van der Waals surface area contributed by atoms with Crippen molar-refractivity contribution >= 4 is 29.4 Å². The number of carbonyl (C=O) groups is 1. The van der Waals surface area contributed by atoms with Gasteiger partial charge in [-0.05, 0) is 24.8 Å². The maximum Gasteiger partial charge on any atom is 0.280 e. The van der Waals surface area contributed by atoms with Crippen LogP contribution in [0.4, 0.5) is 11.4 Å². The van der Waals surface area contributed by atoms with Gasteiger partial charge in [-0.15, -0.1) is 0 Å². The SMILES string of the molecule is CCC(CSC)N(C)c1ccc([N+](=O)[O-])c(C=O)c1. The van der Waals surface area contributed by atoms with E-state index in [9.17, 15) is 14.9 Å². The summed E-state index contributed by atoms with van der Waals surface area (Å²) >= 11 is 1.76. The molecule has 0 spiro atoms. The Bertz CT molecular complexity index is 465. The molecule has 0 saturated heterocycles. The summed E-state index contributed by atoms with van der Waals surface area (Å²) in [6.07, 6.45) is 3.55. The van der Waals surface area contributed by atoms with Crippen LogP contribution in [-0.2, 0) is 0 Å². The summed E-state index contributed by atoms with van der Waals surface area (Å²) in [7, 11) is 1.94. The number of thioether (sulfide) groups is 1. The summed E-state index contributed by atoms with van der Waals surface area (Å²) in [5, 5.41) is 10.8. The number of nitro benzene ring substituents is 1. The molecule has 0 saturated carbocycles. The van der Waals surface area contributed by atoms with Crippen LogP contribution in [0.3, 0.4) is 0 Å². The van der Waals surface area contributed by atoms with E-state index in [1.54, 1.807) is 23.9 Å². The lowest BCUT2D eigenvalue weighted by atomic mass is 10.1. The molecule has 0 aliphatic heterocycles. The first-order valence-electron chi connectivity index (χ1n) is 6.00. The molecular weight excluding hydrogens is 264 g/mol. The molecule has 1 aromatic carbocycles. The third-order valence-corrected chi connectivity index (χ3v) is 3.84. The van der Waals surface area contributed by atoms with E-state index in [1.807, 2.05) is 13.3 Å². The van der Waals surface area contributed by atoms with E-state index < -0.39 is 4.92 Å². The second-order valence-electron chi connectivity index (χ2n) is 4.25. The van der Waals surface area contributed by atoms with Crippen molar-refractivity contribution in [3.8, 4) is 0 Å². The van der Waals surface area contributed by atoms with Crippen LogP contribution in [0.15, 0.2) is 18.2 Å². The number of benzene rings is 1. The Morgan fingerprint density at radius 1 is 1.53 bits per heavy atom. The van der Waals surface area contributed by atoms with Crippen molar-refractivity contribution in [3.63, 3.8) is 0 Å². The Kier molecular flexibility index (Phi) is 5.82. The maximum atomic E-state index is 10.9. The molecule has 1 unspecified atom stereocenters. The molecule has 104 valence electrons. The standard InChI is InChI=1S/C13H18N2O3S/c1-4-11(9-19-3)14(2)12-5-6-13(15(17)18)10(7-12)8-16/h5-8,11H,4,9H2,1-3H3. The molecule has 5 nitrogen and oxygen atoms in total. The lowest BCUT2D eigenvalue weighted by Gasteiger charge is -2.29. The maximum absolute atomic E-state index is 10.9. The van der Waals surface area contributed by atoms with Gasteiger partial charge in [0.1, 0.15) is 0 Å². The highest BCUT2D eigenvalue weighted by atomic mass is 32.2. The fourth-order valence-electron chi connectivity index (χ4n) is 1.93. The Hall–Kier alpha value is -1.56. The Morgan fingerprint density at radius 3 is 2.68 bits per heavy atom. The Labute approximate surface area is 117 Å². The predicted octanol–water partition coefficient (Wildman–Crippen LogP) is 2.99. The summed E-state index contributed by atoms with van der Waals surface area (Å²) in [6.45, 7) is 2.10. The highest BCUT2D eigenvalue weighted by Gasteiger charge is 2.18. The van der Waals surface area contributed by atoms with Crippen LogP contribution < -0.4 is 4.90 Å². The summed E-state index contributed by atoms with van der Waals surface area (Å²) < 4.78 is 0. The van der Waals surface area contributed by atoms with Gasteiger partial charge in [0.2, 0.25) is 0 Å². The first kappa shape index (κ1) is 15.5. The smallest absolute Gasteiger partial charge is 0.280 e. The lowest BCUT2D eigenvalue weighted by Crippen LogP contribution is -2.33. The van der Waals surface area contributed by atoms with Crippen LogP contribution in [0.1, 0.15) is 23.7 Å². The summed E-state index contributed by atoms with van der Waals surface area (Å²) in [5.41, 5.74) is 0.798. The van der Waals surface area contributed by atoms with Crippen molar-refractivity contribution in [1.29, 1.82) is 0 Å². The van der Waals surface area contributed by atoms with E-state index >= 15 is 0 Å². The Morgan fingerprint density at radius 2 is 2.21 bits per heavy atom. The number of nitrogens with zero attached hydrogens (tertiary/aromatic N) is 2. The third kappa shape index (κ3) is 3.70. The highest BCUT2D eigenvalue weighted by molar-refractivity contribution is 7.98. The third-order valence-electron chi connectivity index (χ3n) is 3.12. The number of hydrogen-bond acceptors (Lipinski definition) is 5. The molecule has 0 bridgehead atoms. The quantitative estimate of drug-likeness (QED) is 0.437. The minimum absolute atomic E-state index is 0.119. The summed E-state index contributed by atoms with van der Waals surface area (Å²) in [6, 6.07) is 5.00. The molecule has 0 N–H and O–H groups in total. The molecule has 0 radical (unpaired) electrons. The van der Waals surface area contributed by atoms with Crippen LogP contribution in [0.5, 0.6) is 0 Å². The molecule has 19 heavy (non-hydrogen) atoms. The van der Waals surface area contributed by atoms with Crippen molar-refractivity contribution in [2.24, 2.45) is 0 Å². The zero-order valence-electron chi connectivity index (χ0n) is 11.3. The fourth-order valence-corrected chi connectivity index (χ4v) is 2.77. The molecule has 0 aliphatic carbocycles. The number of hydrogen-bond donors (Lipinski definition) is 0. The number of rotatable bonds is 7. The zero-order chi connectivity index (χ0) is 14.4. The first-order valence-corrected chi connectivity index (χ1v) is 7.39. The first-order chi connectivity index (χ1) is 9.04. The molecule has 0 fully saturated rings. The van der Waals surface area contributed by atoms with Crippen LogP contribution in [0.2, 0.25) is 0 Å². The molecular formula is C13H18N2O3S. The van der Waals surface area contributed by atoms with Gasteiger partial charge in [-0.2, -0.15) is 11.8 Å². The lowest BCUT2D eigenvalue weighted by molar-refractivity contribution is -0.385. The molecule has 1 rings (SSSR count). The number of nitro groups is 1. The predicted molar refractivity (Wildman–Crippen MR) is 79.3 cm³/mol. The van der Waals surface area contributed by atoms with Gasteiger partial charge in [0.15, 0.2) is 6.29 Å². The second kappa shape index (κ2) is 7.13. The molecule has 6 heteroatoms. The van der Waals surface area contributed by atoms with Gasteiger partial charge in [0.25, 0.3) is 5.69 Å². The highest BCUT2D eigenvalue weighted by Crippen LogP contribution is 2.25. The fraction of sp³-hybridized carbons (Fsp3) is 0.462. The number of carbonyl (C=O) groups excluding carboxylic acids is 1. The zero-order valence-corrected chi connectivity index (χ0v) is 12.1. The van der Waals surface area contributed by atoms with Crippen molar-refractivity contribution in [2.45, 2.75) is 19.4 Å². The molecule has 1 atom stereocenters. The van der Waals surface area contributed by atoms with Gasteiger partial charge in [-0.1, -0.05) is 6.92 Å². The van der Waals surface area contributed by atoms with Gasteiger partial charge in [-0.3, -0.25) is 14.9 Å². The van der Waals surface area contributed by atoms with Crippen LogP contribution in [0.25, 0.3) is 0 Å². The van der Waals surface area contributed by atoms with Crippen LogP contribution in [-0.4, -0.2) is 36.3 Å². The minimum Gasteiger partial charge on any atom is -0.371 e. The van der Waals surface area contributed by atoms with E-state index in [0.717, 1.165) is 17.9 Å². The van der Waals surface area contributed by atoms with E-state index in [0.29, 0.717) is 12.3 Å². The molecule has 0 aromatic heterocycles. The van der Waals surface area contributed by atoms with Gasteiger partial charge >= 0.3 is 0 Å². The van der Waals surface area contributed by atoms with Gasteiger partial charge in [0.05, 0.1) is 10.5 Å². The second-order valence-corrected chi connectivity index (χ2v) is 5.16. The van der Waals surface area contributed by atoms with E-state index in [1.165, 1.54) is 6.07 Å². The topological polar surface area (TPSA) is 63.4 Å². The van der Waals surface area contributed by atoms with Crippen molar-refractivity contribution < 1.29 is 9.72 Å². The van der Waals surface area contributed by atoms with Crippen molar-refractivity contribution in [3.05, 3.63) is 33.9 Å². The van der Waals surface area contributed by atoms with Gasteiger partial charge in [-0.25, -0.2) is 0 Å². The van der Waals surface area contributed by atoms with Crippen molar-refractivity contribution in [2.75, 3.05) is 24.0 Å². The van der Waals surface area contributed by atoms with E-state index in [4.69, 9.17) is 0 Å². The molecule has 0 aliphatic rings. The van der Waals surface area contributed by atoms with Crippen LogP contribution >= 0.6 is 11.8 Å². The Balaban J connectivity index is 3.07. The molecule has 0 heterocycles. The van der Waals surface area contributed by atoms with E-state index in [-0.39, 0.29) is 11.3 Å². The number of aldehydes is 1. The molecule has 0 amide bonds. The van der Waals surface area contributed by atoms with E-state index in [2.05, 4.69) is 11.8 Å². The average molecular weight is 282 g/mol. The average Bonchev–Trinajstić information content (AvgIpc) is 2.43. The summed E-state index contributed by atoms with van der Waals surface area (Å²) in [5.74, 6) is 0.973. The normalized spacial score (nSPS) is 11.9. The largest absolute Gasteiger partial charge is 0.371 e. The van der Waals surface area contributed by atoms with Crippen LogP contribution in [0, 0.1) is 10.1 Å². The summed E-state index contributed by atoms with van der Waals surface area (Å²) in [4.78, 5) is 23.3. The van der Waals surface area contributed by atoms with Gasteiger partial charge in [0, 0.05) is 30.6 Å². The number of anilines is 1. The molecule has 1 aromatic rings. The van der Waals surface area contributed by atoms with Crippen molar-refractivity contribution in [1.82, 2.24) is 0 Å².